The predicted molar refractivity (Wildman–Crippen MR) is 131 cm³/mol. The first-order chi connectivity index (χ1) is 15.6. The second kappa shape index (κ2) is 8.74. The molecule has 32 heavy (non-hydrogen) atoms. The van der Waals surface area contributed by atoms with E-state index < -0.39 is 0 Å². The second-order valence-corrected chi connectivity index (χ2v) is 9.83. The molecule has 0 unspecified atom stereocenters. The van der Waals surface area contributed by atoms with Crippen LogP contribution < -0.4 is 5.32 Å². The highest BCUT2D eigenvalue weighted by atomic mass is 16.1. The van der Waals surface area contributed by atoms with E-state index in [1.54, 1.807) is 0 Å². The molecule has 0 spiro atoms. The lowest BCUT2D eigenvalue weighted by Gasteiger charge is -2.52. The quantitative estimate of drug-likeness (QED) is 0.531. The summed E-state index contributed by atoms with van der Waals surface area (Å²) in [7, 11) is 0. The second-order valence-electron chi connectivity index (χ2n) is 9.83. The Kier molecular flexibility index (Phi) is 5.81. The fraction of sp³-hybridized carbons (Fsp3) is 0.464. The van der Waals surface area contributed by atoms with E-state index in [0.717, 1.165) is 31.4 Å². The van der Waals surface area contributed by atoms with Gasteiger partial charge in [-0.05, 0) is 68.2 Å². The summed E-state index contributed by atoms with van der Waals surface area (Å²) in [6.07, 6.45) is 6.19. The van der Waals surface area contributed by atoms with Crippen LogP contribution in [0.5, 0.6) is 0 Å². The highest BCUT2D eigenvalue weighted by Crippen LogP contribution is 2.53. The van der Waals surface area contributed by atoms with E-state index in [9.17, 15) is 4.79 Å². The zero-order valence-electron chi connectivity index (χ0n) is 19.4. The van der Waals surface area contributed by atoms with Gasteiger partial charge in [-0.15, -0.1) is 0 Å². The zero-order chi connectivity index (χ0) is 22.1. The van der Waals surface area contributed by atoms with Crippen LogP contribution in [0, 0.1) is 12.3 Å². The largest absolute Gasteiger partial charge is 0.357 e. The number of benzene rings is 2. The molecule has 1 saturated heterocycles. The first kappa shape index (κ1) is 21.3. The number of carbonyl (C=O) groups is 1. The maximum atomic E-state index is 12.8. The molecule has 2 aliphatic heterocycles. The summed E-state index contributed by atoms with van der Waals surface area (Å²) in [5, 5.41) is 4.53. The van der Waals surface area contributed by atoms with Crippen LogP contribution in [0.4, 0.5) is 0 Å². The average Bonchev–Trinajstić information content (AvgIpc) is 3.21. The third-order valence-electron chi connectivity index (χ3n) is 8.00. The van der Waals surface area contributed by atoms with Gasteiger partial charge in [-0.25, -0.2) is 0 Å². The van der Waals surface area contributed by atoms with Crippen molar-refractivity contribution in [2.24, 2.45) is 5.41 Å². The summed E-state index contributed by atoms with van der Waals surface area (Å²) in [6.45, 7) is 7.32. The van der Waals surface area contributed by atoms with Gasteiger partial charge in [0.1, 0.15) is 0 Å². The molecular formula is C28H35N3O. The van der Waals surface area contributed by atoms with Crippen molar-refractivity contribution in [3.8, 4) is 0 Å². The van der Waals surface area contributed by atoms with Gasteiger partial charge in [-0.1, -0.05) is 55.0 Å². The number of rotatable bonds is 6. The fourth-order valence-corrected chi connectivity index (χ4v) is 6.16. The van der Waals surface area contributed by atoms with Gasteiger partial charge in [0.25, 0.3) is 0 Å². The van der Waals surface area contributed by atoms with Crippen molar-refractivity contribution < 1.29 is 4.79 Å². The Bertz CT molecular complexity index is 1100. The fourth-order valence-electron chi connectivity index (χ4n) is 6.16. The Morgan fingerprint density at radius 1 is 1.16 bits per heavy atom. The van der Waals surface area contributed by atoms with E-state index >= 15 is 0 Å². The van der Waals surface area contributed by atoms with E-state index in [1.807, 2.05) is 0 Å². The Balaban J connectivity index is 1.34. The number of aromatic nitrogens is 1. The van der Waals surface area contributed by atoms with E-state index in [4.69, 9.17) is 0 Å². The number of nitrogens with one attached hydrogen (secondary N) is 2. The van der Waals surface area contributed by atoms with Crippen LogP contribution in [0.15, 0.2) is 48.5 Å². The standard InChI is InChI=1S/C28H35N3O/c1-3-28(16-13-25(32)29-19-21-11-9-20(2)10-12-21)15-6-17-31-18-14-23-22-7-4-5-8-24(22)30-26(23)27(28)31/h4-5,7-12,27,30H,3,6,13-19H2,1-2H3,(H,29,32)/t27-,28-/m1/s1. The first-order valence-corrected chi connectivity index (χ1v) is 12.3. The molecule has 2 atom stereocenters. The summed E-state index contributed by atoms with van der Waals surface area (Å²) >= 11 is 0. The number of piperidine rings is 1. The lowest BCUT2D eigenvalue weighted by Crippen LogP contribution is -2.49. The SMILES string of the molecule is CC[C@]1(CCC(=O)NCc2ccc(C)cc2)CCCN2CCc3c([nH]c4ccccc34)[C@@H]21. The molecule has 1 aromatic heterocycles. The number of amides is 1. The number of hydrogen-bond donors (Lipinski definition) is 2. The van der Waals surface area contributed by atoms with Gasteiger partial charge in [0.15, 0.2) is 0 Å². The maximum absolute atomic E-state index is 12.8. The minimum Gasteiger partial charge on any atom is -0.357 e. The van der Waals surface area contributed by atoms with Gasteiger partial charge in [-0.2, -0.15) is 0 Å². The molecule has 4 nitrogen and oxygen atoms in total. The molecule has 1 fully saturated rings. The number of nitrogens with zero attached hydrogens (tertiary/aromatic N) is 1. The smallest absolute Gasteiger partial charge is 0.220 e. The minimum atomic E-state index is 0.148. The number of carbonyl (C=O) groups excluding carboxylic acids is 1. The third kappa shape index (κ3) is 3.86. The molecule has 0 saturated carbocycles. The predicted octanol–water partition coefficient (Wildman–Crippen LogP) is 5.66. The van der Waals surface area contributed by atoms with Gasteiger partial charge >= 0.3 is 0 Å². The number of hydrogen-bond acceptors (Lipinski definition) is 2. The maximum Gasteiger partial charge on any atom is 0.220 e. The van der Waals surface area contributed by atoms with Crippen LogP contribution in [0.1, 0.15) is 67.5 Å². The van der Waals surface area contributed by atoms with Crippen molar-refractivity contribution in [3.63, 3.8) is 0 Å². The van der Waals surface area contributed by atoms with Crippen LogP contribution in [0.3, 0.4) is 0 Å². The molecule has 3 heterocycles. The van der Waals surface area contributed by atoms with E-state index in [0.29, 0.717) is 19.0 Å². The Morgan fingerprint density at radius 2 is 1.97 bits per heavy atom. The zero-order valence-corrected chi connectivity index (χ0v) is 19.4. The van der Waals surface area contributed by atoms with Gasteiger partial charge in [0.2, 0.25) is 5.91 Å². The lowest BCUT2D eigenvalue weighted by atomic mass is 9.65. The van der Waals surface area contributed by atoms with E-state index in [2.05, 4.69) is 77.6 Å². The molecule has 5 rings (SSSR count). The first-order valence-electron chi connectivity index (χ1n) is 12.3. The molecular weight excluding hydrogens is 394 g/mol. The summed E-state index contributed by atoms with van der Waals surface area (Å²) in [5.41, 5.74) is 6.73. The molecule has 1 amide bonds. The van der Waals surface area contributed by atoms with Crippen LogP contribution in [-0.4, -0.2) is 28.9 Å². The summed E-state index contributed by atoms with van der Waals surface area (Å²) in [6, 6.07) is 17.5. The van der Waals surface area contributed by atoms with Gasteiger partial charge in [0, 0.05) is 36.1 Å². The Hall–Kier alpha value is -2.59. The topological polar surface area (TPSA) is 48.1 Å². The summed E-state index contributed by atoms with van der Waals surface area (Å²) in [4.78, 5) is 19.3. The van der Waals surface area contributed by atoms with Crippen molar-refractivity contribution in [1.29, 1.82) is 0 Å². The highest BCUT2D eigenvalue weighted by molar-refractivity contribution is 5.85. The molecule has 4 heteroatoms. The molecule has 0 bridgehead atoms. The van der Waals surface area contributed by atoms with Crippen LogP contribution in [-0.2, 0) is 17.8 Å². The number of aryl methyl sites for hydroxylation is 1. The van der Waals surface area contributed by atoms with E-state index in [-0.39, 0.29) is 11.3 Å². The van der Waals surface area contributed by atoms with Crippen molar-refractivity contribution in [3.05, 3.63) is 70.9 Å². The Morgan fingerprint density at radius 3 is 2.78 bits per heavy atom. The van der Waals surface area contributed by atoms with Gasteiger partial charge in [-0.3, -0.25) is 9.69 Å². The van der Waals surface area contributed by atoms with Gasteiger partial charge < -0.3 is 10.3 Å². The number of aromatic amines is 1. The van der Waals surface area contributed by atoms with Crippen molar-refractivity contribution in [2.75, 3.05) is 13.1 Å². The highest BCUT2D eigenvalue weighted by Gasteiger charge is 2.47. The normalized spacial score (nSPS) is 23.0. The van der Waals surface area contributed by atoms with Crippen molar-refractivity contribution in [2.45, 2.75) is 65.0 Å². The van der Waals surface area contributed by atoms with Crippen molar-refractivity contribution >= 4 is 16.8 Å². The third-order valence-corrected chi connectivity index (χ3v) is 8.00. The monoisotopic (exact) mass is 429 g/mol. The molecule has 0 radical (unpaired) electrons. The van der Waals surface area contributed by atoms with Crippen LogP contribution in [0.25, 0.3) is 10.9 Å². The number of para-hydroxylation sites is 1. The molecule has 2 aromatic carbocycles. The van der Waals surface area contributed by atoms with Crippen molar-refractivity contribution in [1.82, 2.24) is 15.2 Å². The number of fused-ring (bicyclic) bond motifs is 5. The summed E-state index contributed by atoms with van der Waals surface area (Å²) < 4.78 is 0. The Labute approximate surface area is 191 Å². The van der Waals surface area contributed by atoms with Crippen LogP contribution in [0.2, 0.25) is 0 Å². The molecule has 2 aliphatic rings. The average molecular weight is 430 g/mol. The van der Waals surface area contributed by atoms with Crippen LogP contribution >= 0.6 is 0 Å². The molecule has 3 aromatic rings. The van der Waals surface area contributed by atoms with Gasteiger partial charge in [0.05, 0.1) is 6.04 Å². The minimum absolute atomic E-state index is 0.148. The molecule has 0 aliphatic carbocycles. The molecule has 2 N–H and O–H groups in total. The molecule has 168 valence electrons. The van der Waals surface area contributed by atoms with E-state index in [1.165, 1.54) is 47.1 Å². The number of H-pyrrole nitrogens is 1. The summed E-state index contributed by atoms with van der Waals surface area (Å²) in [5.74, 6) is 0.170. The lowest BCUT2D eigenvalue weighted by molar-refractivity contribution is -0.122.